The van der Waals surface area contributed by atoms with E-state index in [4.69, 9.17) is 0 Å². The SMILES string of the molecule is CCCNC(CSc1ccccc1)c1cnn(CCC)c1. The number of benzene rings is 1. The van der Waals surface area contributed by atoms with Crippen LogP contribution in [0.1, 0.15) is 38.3 Å². The Kier molecular flexibility index (Phi) is 6.83. The Labute approximate surface area is 132 Å². The van der Waals surface area contributed by atoms with Crippen LogP contribution in [-0.4, -0.2) is 22.1 Å². The van der Waals surface area contributed by atoms with Crippen LogP contribution in [0.3, 0.4) is 0 Å². The topological polar surface area (TPSA) is 29.9 Å². The van der Waals surface area contributed by atoms with Gasteiger partial charge in [0.05, 0.1) is 6.20 Å². The molecule has 0 spiro atoms. The Morgan fingerprint density at radius 2 is 2.00 bits per heavy atom. The van der Waals surface area contributed by atoms with Crippen molar-refractivity contribution in [3.05, 3.63) is 48.3 Å². The van der Waals surface area contributed by atoms with Crippen molar-refractivity contribution in [2.75, 3.05) is 12.3 Å². The van der Waals surface area contributed by atoms with Gasteiger partial charge in [0, 0.05) is 35.0 Å². The first-order chi connectivity index (χ1) is 10.3. The molecule has 1 N–H and O–H groups in total. The molecule has 0 aliphatic heterocycles. The van der Waals surface area contributed by atoms with Crippen molar-refractivity contribution in [2.24, 2.45) is 0 Å². The highest BCUT2D eigenvalue weighted by atomic mass is 32.2. The standard InChI is InChI=1S/C17H25N3S/c1-3-10-18-17(14-21-16-8-6-5-7-9-16)15-12-19-20(13-15)11-4-2/h5-9,12-13,17-18H,3-4,10-11,14H2,1-2H3. The van der Waals surface area contributed by atoms with Crippen LogP contribution in [0.25, 0.3) is 0 Å². The average molecular weight is 303 g/mol. The molecule has 0 saturated carbocycles. The number of rotatable bonds is 9. The number of nitrogens with one attached hydrogen (secondary N) is 1. The van der Waals surface area contributed by atoms with Crippen molar-refractivity contribution in [2.45, 2.75) is 44.2 Å². The Hall–Kier alpha value is -1.26. The monoisotopic (exact) mass is 303 g/mol. The van der Waals surface area contributed by atoms with Crippen LogP contribution in [0.4, 0.5) is 0 Å². The number of aryl methyl sites for hydroxylation is 1. The van der Waals surface area contributed by atoms with E-state index in [-0.39, 0.29) is 0 Å². The van der Waals surface area contributed by atoms with Crippen LogP contribution in [0.2, 0.25) is 0 Å². The van der Waals surface area contributed by atoms with Crippen molar-refractivity contribution < 1.29 is 0 Å². The van der Waals surface area contributed by atoms with Crippen LogP contribution >= 0.6 is 11.8 Å². The van der Waals surface area contributed by atoms with Crippen LogP contribution in [0.15, 0.2) is 47.6 Å². The highest BCUT2D eigenvalue weighted by Gasteiger charge is 2.13. The van der Waals surface area contributed by atoms with E-state index in [0.717, 1.165) is 31.7 Å². The fraction of sp³-hybridized carbons (Fsp3) is 0.471. The normalized spacial score (nSPS) is 12.5. The second-order valence-electron chi connectivity index (χ2n) is 5.17. The summed E-state index contributed by atoms with van der Waals surface area (Å²) < 4.78 is 2.04. The second kappa shape index (κ2) is 8.90. The molecule has 1 aromatic carbocycles. The maximum Gasteiger partial charge on any atom is 0.0537 e. The summed E-state index contributed by atoms with van der Waals surface area (Å²) in [7, 11) is 0. The van der Waals surface area contributed by atoms with Gasteiger partial charge < -0.3 is 5.32 Å². The van der Waals surface area contributed by atoms with Crippen molar-refractivity contribution >= 4 is 11.8 Å². The first-order valence-corrected chi connectivity index (χ1v) is 8.75. The van der Waals surface area contributed by atoms with Crippen molar-refractivity contribution in [3.63, 3.8) is 0 Å². The number of thioether (sulfide) groups is 1. The Balaban J connectivity index is 1.99. The molecule has 3 nitrogen and oxygen atoms in total. The van der Waals surface area contributed by atoms with Crippen molar-refractivity contribution in [3.8, 4) is 0 Å². The summed E-state index contributed by atoms with van der Waals surface area (Å²) in [6, 6.07) is 10.9. The lowest BCUT2D eigenvalue weighted by Crippen LogP contribution is -2.23. The maximum atomic E-state index is 4.46. The molecule has 0 fully saturated rings. The molecule has 0 bridgehead atoms. The van der Waals surface area contributed by atoms with Crippen LogP contribution in [0, 0.1) is 0 Å². The maximum absolute atomic E-state index is 4.46. The molecule has 0 amide bonds. The average Bonchev–Trinajstić information content (AvgIpc) is 2.97. The summed E-state index contributed by atoms with van der Waals surface area (Å²) in [6.45, 7) is 6.42. The van der Waals surface area contributed by atoms with E-state index in [2.05, 4.69) is 60.8 Å². The molecule has 2 rings (SSSR count). The van der Waals surface area contributed by atoms with Crippen LogP contribution in [0.5, 0.6) is 0 Å². The van der Waals surface area contributed by atoms with Gasteiger partial charge in [-0.1, -0.05) is 32.0 Å². The van der Waals surface area contributed by atoms with Gasteiger partial charge >= 0.3 is 0 Å². The molecule has 0 aliphatic carbocycles. The molecule has 1 unspecified atom stereocenters. The number of aromatic nitrogens is 2. The lowest BCUT2D eigenvalue weighted by Gasteiger charge is -2.16. The summed E-state index contributed by atoms with van der Waals surface area (Å²) in [6.07, 6.45) is 6.46. The third-order valence-electron chi connectivity index (χ3n) is 3.31. The van der Waals surface area contributed by atoms with Gasteiger partial charge in [-0.15, -0.1) is 11.8 Å². The first-order valence-electron chi connectivity index (χ1n) is 7.77. The van der Waals surface area contributed by atoms with Gasteiger partial charge in [-0.3, -0.25) is 4.68 Å². The molecule has 1 atom stereocenters. The third-order valence-corrected chi connectivity index (χ3v) is 4.41. The van der Waals surface area contributed by atoms with Crippen molar-refractivity contribution in [1.82, 2.24) is 15.1 Å². The van der Waals surface area contributed by atoms with E-state index in [1.165, 1.54) is 10.5 Å². The minimum Gasteiger partial charge on any atom is -0.309 e. The first kappa shape index (κ1) is 16.1. The smallest absolute Gasteiger partial charge is 0.0537 e. The number of nitrogens with zero attached hydrogens (tertiary/aromatic N) is 2. The zero-order valence-corrected chi connectivity index (χ0v) is 13.8. The lowest BCUT2D eigenvalue weighted by atomic mass is 10.2. The van der Waals surface area contributed by atoms with Gasteiger partial charge in [-0.25, -0.2) is 0 Å². The van der Waals surface area contributed by atoms with Gasteiger partial charge in [0.2, 0.25) is 0 Å². The van der Waals surface area contributed by atoms with Gasteiger partial charge in [0.1, 0.15) is 0 Å². The fourth-order valence-corrected chi connectivity index (χ4v) is 3.22. The number of hydrogen-bond donors (Lipinski definition) is 1. The highest BCUT2D eigenvalue weighted by Crippen LogP contribution is 2.24. The lowest BCUT2D eigenvalue weighted by molar-refractivity contribution is 0.572. The fourth-order valence-electron chi connectivity index (χ4n) is 2.20. The summed E-state index contributed by atoms with van der Waals surface area (Å²) >= 11 is 1.90. The molecule has 1 heterocycles. The Morgan fingerprint density at radius 3 is 2.71 bits per heavy atom. The van der Waals surface area contributed by atoms with E-state index < -0.39 is 0 Å². The molecule has 21 heavy (non-hydrogen) atoms. The minimum absolute atomic E-state index is 0.362. The molecular formula is C17H25N3S. The van der Waals surface area contributed by atoms with E-state index in [1.807, 2.05) is 22.6 Å². The molecule has 0 saturated heterocycles. The molecule has 2 aromatic rings. The zero-order valence-electron chi connectivity index (χ0n) is 13.0. The van der Waals surface area contributed by atoms with Gasteiger partial charge in [0.15, 0.2) is 0 Å². The minimum atomic E-state index is 0.362. The van der Waals surface area contributed by atoms with E-state index in [0.29, 0.717) is 6.04 Å². The van der Waals surface area contributed by atoms with Gasteiger partial charge in [0.25, 0.3) is 0 Å². The number of hydrogen-bond acceptors (Lipinski definition) is 3. The van der Waals surface area contributed by atoms with Crippen LogP contribution < -0.4 is 5.32 Å². The molecule has 114 valence electrons. The van der Waals surface area contributed by atoms with E-state index in [1.54, 1.807) is 0 Å². The van der Waals surface area contributed by atoms with Crippen LogP contribution in [-0.2, 0) is 6.54 Å². The molecule has 0 radical (unpaired) electrons. The molecule has 1 aromatic heterocycles. The summed E-state index contributed by atoms with van der Waals surface area (Å²) in [5.41, 5.74) is 1.29. The third kappa shape index (κ3) is 5.21. The largest absolute Gasteiger partial charge is 0.309 e. The zero-order chi connectivity index (χ0) is 14.9. The van der Waals surface area contributed by atoms with E-state index in [9.17, 15) is 0 Å². The van der Waals surface area contributed by atoms with Gasteiger partial charge in [-0.2, -0.15) is 5.10 Å². The predicted molar refractivity (Wildman–Crippen MR) is 90.7 cm³/mol. The summed E-state index contributed by atoms with van der Waals surface area (Å²) in [4.78, 5) is 1.32. The Morgan fingerprint density at radius 1 is 1.19 bits per heavy atom. The predicted octanol–water partition coefficient (Wildman–Crippen LogP) is 4.13. The quantitative estimate of drug-likeness (QED) is 0.707. The second-order valence-corrected chi connectivity index (χ2v) is 6.26. The molecule has 4 heteroatoms. The summed E-state index contributed by atoms with van der Waals surface area (Å²) in [5, 5.41) is 8.09. The molecule has 0 aliphatic rings. The van der Waals surface area contributed by atoms with Crippen molar-refractivity contribution in [1.29, 1.82) is 0 Å². The Bertz CT molecular complexity index is 510. The van der Waals surface area contributed by atoms with E-state index >= 15 is 0 Å². The highest BCUT2D eigenvalue weighted by molar-refractivity contribution is 7.99. The molecular weight excluding hydrogens is 278 g/mol. The summed E-state index contributed by atoms with van der Waals surface area (Å²) in [5.74, 6) is 1.03. The van der Waals surface area contributed by atoms with Gasteiger partial charge in [-0.05, 0) is 31.5 Å².